The van der Waals surface area contributed by atoms with E-state index in [0.717, 1.165) is 11.8 Å². The first-order chi connectivity index (χ1) is 11.0. The average Bonchev–Trinajstić information content (AvgIpc) is 2.54. The Morgan fingerprint density at radius 2 is 1.91 bits per heavy atom. The molecule has 0 aromatic heterocycles. The van der Waals surface area contributed by atoms with Crippen molar-refractivity contribution in [2.75, 3.05) is 13.6 Å². The van der Waals surface area contributed by atoms with Crippen molar-refractivity contribution in [1.82, 2.24) is 16.2 Å². The lowest BCUT2D eigenvalue weighted by Crippen LogP contribution is -2.45. The number of nitrogens with one attached hydrogen (secondary N) is 3. The average molecular weight is 321 g/mol. The van der Waals surface area contributed by atoms with Gasteiger partial charge in [0.1, 0.15) is 12.0 Å². The lowest BCUT2D eigenvalue weighted by Gasteiger charge is -2.14. The molecule has 0 saturated carbocycles. The van der Waals surface area contributed by atoms with Gasteiger partial charge in [-0.05, 0) is 38.1 Å². The molecule has 0 amide bonds. The van der Waals surface area contributed by atoms with E-state index in [1.165, 1.54) is 0 Å². The SMILES string of the molecule is CN[C@@H](C)C(=O)CC(=O)CNN[C@H](C=O)Cc1ccc(O)cc1. The lowest BCUT2D eigenvalue weighted by atomic mass is 10.1. The van der Waals surface area contributed by atoms with E-state index < -0.39 is 6.04 Å². The zero-order chi connectivity index (χ0) is 17.2. The van der Waals surface area contributed by atoms with Gasteiger partial charge in [0, 0.05) is 0 Å². The number of carbonyl (C=O) groups is 3. The minimum atomic E-state index is -0.515. The van der Waals surface area contributed by atoms with Crippen LogP contribution in [0.4, 0.5) is 0 Å². The molecule has 1 aromatic rings. The number of Topliss-reactive ketones (excluding diaryl/α,β-unsaturated/α-hetero) is 2. The molecule has 0 heterocycles. The third-order valence-electron chi connectivity index (χ3n) is 3.42. The van der Waals surface area contributed by atoms with Crippen LogP contribution >= 0.6 is 0 Å². The summed E-state index contributed by atoms with van der Waals surface area (Å²) in [5.74, 6) is -0.261. The number of likely N-dealkylation sites (N-methyl/N-ethyl adjacent to an activating group) is 1. The molecule has 0 aliphatic heterocycles. The van der Waals surface area contributed by atoms with Crippen molar-refractivity contribution in [3.05, 3.63) is 29.8 Å². The van der Waals surface area contributed by atoms with Crippen LogP contribution in [-0.4, -0.2) is 48.6 Å². The monoisotopic (exact) mass is 321 g/mol. The maximum Gasteiger partial charge on any atom is 0.156 e. The Balaban J connectivity index is 2.34. The quantitative estimate of drug-likeness (QED) is 0.252. The number of phenols is 1. The molecule has 23 heavy (non-hydrogen) atoms. The van der Waals surface area contributed by atoms with E-state index in [4.69, 9.17) is 0 Å². The largest absolute Gasteiger partial charge is 0.508 e. The van der Waals surface area contributed by atoms with Crippen molar-refractivity contribution >= 4 is 17.9 Å². The summed E-state index contributed by atoms with van der Waals surface area (Å²) >= 11 is 0. The fourth-order valence-corrected chi connectivity index (χ4v) is 1.87. The number of aldehydes is 1. The minimum absolute atomic E-state index is 0.0396. The highest BCUT2D eigenvalue weighted by Gasteiger charge is 2.15. The fourth-order valence-electron chi connectivity index (χ4n) is 1.87. The summed E-state index contributed by atoms with van der Waals surface area (Å²) < 4.78 is 0. The van der Waals surface area contributed by atoms with Gasteiger partial charge >= 0.3 is 0 Å². The molecule has 1 aromatic carbocycles. The van der Waals surface area contributed by atoms with E-state index in [0.29, 0.717) is 6.42 Å². The molecule has 7 nitrogen and oxygen atoms in total. The highest BCUT2D eigenvalue weighted by molar-refractivity contribution is 6.02. The zero-order valence-electron chi connectivity index (χ0n) is 13.3. The van der Waals surface area contributed by atoms with E-state index in [1.54, 1.807) is 38.2 Å². The Hall–Kier alpha value is -2.09. The van der Waals surface area contributed by atoms with Crippen LogP contribution in [0.25, 0.3) is 0 Å². The molecule has 0 radical (unpaired) electrons. The second-order valence-electron chi connectivity index (χ2n) is 5.30. The van der Waals surface area contributed by atoms with Gasteiger partial charge in [0.15, 0.2) is 11.6 Å². The van der Waals surface area contributed by atoms with Crippen LogP contribution in [0.15, 0.2) is 24.3 Å². The minimum Gasteiger partial charge on any atom is -0.508 e. The summed E-state index contributed by atoms with van der Waals surface area (Å²) in [5.41, 5.74) is 6.30. The van der Waals surface area contributed by atoms with Crippen LogP contribution in [0.3, 0.4) is 0 Å². The second-order valence-corrected chi connectivity index (χ2v) is 5.30. The van der Waals surface area contributed by atoms with Gasteiger partial charge in [-0.2, -0.15) is 0 Å². The smallest absolute Gasteiger partial charge is 0.156 e. The molecule has 0 aliphatic carbocycles. The van der Waals surface area contributed by atoms with Gasteiger partial charge in [-0.25, -0.2) is 10.9 Å². The number of ketones is 2. The highest BCUT2D eigenvalue weighted by Crippen LogP contribution is 2.10. The van der Waals surface area contributed by atoms with Gasteiger partial charge in [0.05, 0.1) is 25.0 Å². The van der Waals surface area contributed by atoms with Crippen LogP contribution in [0, 0.1) is 0 Å². The van der Waals surface area contributed by atoms with Crippen LogP contribution in [0.1, 0.15) is 18.9 Å². The van der Waals surface area contributed by atoms with Gasteiger partial charge in [0.25, 0.3) is 0 Å². The molecule has 0 saturated heterocycles. The normalized spacial score (nSPS) is 13.3. The van der Waals surface area contributed by atoms with Gasteiger partial charge in [-0.1, -0.05) is 12.1 Å². The molecule has 0 aliphatic rings. The van der Waals surface area contributed by atoms with E-state index in [-0.39, 0.29) is 36.3 Å². The Bertz CT molecular complexity index is 531. The predicted octanol–water partition coefficient (Wildman–Crippen LogP) is -0.267. The van der Waals surface area contributed by atoms with Crippen molar-refractivity contribution in [1.29, 1.82) is 0 Å². The van der Waals surface area contributed by atoms with Crippen LogP contribution < -0.4 is 16.2 Å². The Kier molecular flexibility index (Phi) is 8.10. The number of hydrogen-bond donors (Lipinski definition) is 4. The van der Waals surface area contributed by atoms with Crippen LogP contribution in [-0.2, 0) is 20.8 Å². The van der Waals surface area contributed by atoms with E-state index >= 15 is 0 Å². The topological polar surface area (TPSA) is 108 Å². The molecule has 0 fully saturated rings. The summed E-state index contributed by atoms with van der Waals surface area (Å²) in [4.78, 5) is 34.3. The number of benzene rings is 1. The lowest BCUT2D eigenvalue weighted by molar-refractivity contribution is -0.127. The Labute approximate surface area is 135 Å². The zero-order valence-corrected chi connectivity index (χ0v) is 13.3. The van der Waals surface area contributed by atoms with E-state index in [2.05, 4.69) is 16.2 Å². The highest BCUT2D eigenvalue weighted by atomic mass is 16.3. The molecule has 7 heteroatoms. The maximum absolute atomic E-state index is 11.7. The van der Waals surface area contributed by atoms with Crippen molar-refractivity contribution in [2.45, 2.75) is 31.8 Å². The summed E-state index contributed by atoms with van der Waals surface area (Å²) in [6.45, 7) is 1.66. The van der Waals surface area contributed by atoms with E-state index in [1.807, 2.05) is 0 Å². The first-order valence-electron chi connectivity index (χ1n) is 7.39. The van der Waals surface area contributed by atoms with E-state index in [9.17, 15) is 19.5 Å². The molecular formula is C16H23N3O4. The number of phenolic OH excluding ortho intramolecular Hbond substituents is 1. The van der Waals surface area contributed by atoms with Crippen LogP contribution in [0.2, 0.25) is 0 Å². The van der Waals surface area contributed by atoms with Crippen molar-refractivity contribution in [3.8, 4) is 5.75 Å². The Morgan fingerprint density at radius 3 is 2.48 bits per heavy atom. The third kappa shape index (κ3) is 7.14. The number of hydrazine groups is 1. The third-order valence-corrected chi connectivity index (χ3v) is 3.42. The van der Waals surface area contributed by atoms with Crippen LogP contribution in [0.5, 0.6) is 5.75 Å². The molecule has 0 unspecified atom stereocenters. The standard InChI is InChI=1S/C16H23N3O4/c1-11(17-2)16(23)8-15(22)9-18-19-13(10-20)7-12-3-5-14(21)6-4-12/h3-6,10-11,13,17-19,21H,7-9H2,1-2H3/t11-,13-/m0/s1. The summed E-state index contributed by atoms with van der Waals surface area (Å²) in [7, 11) is 1.66. The molecule has 0 spiro atoms. The molecule has 126 valence electrons. The predicted molar refractivity (Wildman–Crippen MR) is 86.0 cm³/mol. The molecule has 0 bridgehead atoms. The second kappa shape index (κ2) is 9.83. The number of aromatic hydroxyl groups is 1. The molecule has 2 atom stereocenters. The van der Waals surface area contributed by atoms with Crippen molar-refractivity contribution < 1.29 is 19.5 Å². The van der Waals surface area contributed by atoms with Crippen molar-refractivity contribution in [3.63, 3.8) is 0 Å². The maximum atomic E-state index is 11.7. The summed E-state index contributed by atoms with van der Waals surface area (Å²) in [6.07, 6.45) is 1.000. The number of carbonyl (C=O) groups excluding carboxylic acids is 3. The first-order valence-corrected chi connectivity index (χ1v) is 7.39. The number of hydrogen-bond acceptors (Lipinski definition) is 7. The van der Waals surface area contributed by atoms with Gasteiger partial charge in [0.2, 0.25) is 0 Å². The van der Waals surface area contributed by atoms with Gasteiger partial charge in [-0.15, -0.1) is 0 Å². The first kappa shape index (κ1) is 19.0. The molecular weight excluding hydrogens is 298 g/mol. The number of rotatable bonds is 11. The summed E-state index contributed by atoms with van der Waals surface area (Å²) in [6, 6.07) is 5.65. The molecule has 1 rings (SSSR count). The van der Waals surface area contributed by atoms with Gasteiger partial charge in [-0.3, -0.25) is 9.59 Å². The summed E-state index contributed by atoms with van der Waals surface area (Å²) in [5, 5.41) is 12.0. The Morgan fingerprint density at radius 1 is 1.26 bits per heavy atom. The fraction of sp³-hybridized carbons (Fsp3) is 0.438. The van der Waals surface area contributed by atoms with Gasteiger partial charge < -0.3 is 15.2 Å². The van der Waals surface area contributed by atoms with Crippen molar-refractivity contribution in [2.24, 2.45) is 0 Å². The molecule has 4 N–H and O–H groups in total.